The van der Waals surface area contributed by atoms with Gasteiger partial charge < -0.3 is 25.0 Å². The molecular formula is C24H35N3O6S. The number of nitrogens with one attached hydrogen (secondary N) is 2. The standard InChI is InChI=1S/C24H35N3O6S/c1-14-7-8-16(11-15(14)2)20(21(29)25-12-19(28)32-6)27(17-9-10-17)22(30)18(13-34)26-23(31)33-24(3,4)5/h7-8,11,17-18,20,34H,9-10,12-13H2,1-6H3,(H,25,29)(H,26,31). The summed E-state index contributed by atoms with van der Waals surface area (Å²) in [7, 11) is 1.23. The molecule has 0 aromatic heterocycles. The molecule has 10 heteroatoms. The first-order chi connectivity index (χ1) is 15.9. The number of carbonyl (C=O) groups excluding carboxylic acids is 4. The fourth-order valence-corrected chi connectivity index (χ4v) is 3.63. The fraction of sp³-hybridized carbons (Fsp3) is 0.583. The van der Waals surface area contributed by atoms with Gasteiger partial charge in [0.05, 0.1) is 7.11 Å². The summed E-state index contributed by atoms with van der Waals surface area (Å²) in [5.41, 5.74) is 1.88. The Hall–Kier alpha value is -2.75. The summed E-state index contributed by atoms with van der Waals surface area (Å²) < 4.78 is 9.91. The minimum Gasteiger partial charge on any atom is -0.468 e. The number of alkyl carbamates (subject to hydrolysis) is 1. The number of thiol groups is 1. The lowest BCUT2D eigenvalue weighted by Gasteiger charge is -2.34. The number of amides is 3. The van der Waals surface area contributed by atoms with Gasteiger partial charge in [-0.25, -0.2) is 4.79 Å². The molecule has 34 heavy (non-hydrogen) atoms. The van der Waals surface area contributed by atoms with Crippen molar-refractivity contribution >= 4 is 36.5 Å². The predicted molar refractivity (Wildman–Crippen MR) is 131 cm³/mol. The molecular weight excluding hydrogens is 458 g/mol. The number of aryl methyl sites for hydroxylation is 2. The molecule has 0 radical (unpaired) electrons. The van der Waals surface area contributed by atoms with E-state index in [1.165, 1.54) is 12.0 Å². The first kappa shape index (κ1) is 27.5. The van der Waals surface area contributed by atoms with E-state index in [1.54, 1.807) is 26.8 Å². The Bertz CT molecular complexity index is 926. The van der Waals surface area contributed by atoms with Crippen molar-refractivity contribution in [2.45, 2.75) is 71.2 Å². The van der Waals surface area contributed by atoms with Gasteiger partial charge in [0.15, 0.2) is 0 Å². The average molecular weight is 494 g/mol. The number of hydrogen-bond acceptors (Lipinski definition) is 7. The molecule has 1 fully saturated rings. The van der Waals surface area contributed by atoms with Gasteiger partial charge in [-0.15, -0.1) is 0 Å². The molecule has 0 spiro atoms. The van der Waals surface area contributed by atoms with Crippen LogP contribution < -0.4 is 10.6 Å². The van der Waals surface area contributed by atoms with Gasteiger partial charge in [-0.1, -0.05) is 18.2 Å². The molecule has 0 heterocycles. The van der Waals surface area contributed by atoms with Gasteiger partial charge in [0, 0.05) is 11.8 Å². The number of esters is 1. The number of benzene rings is 1. The molecule has 1 saturated carbocycles. The lowest BCUT2D eigenvalue weighted by Crippen LogP contribution is -2.54. The maximum Gasteiger partial charge on any atom is 0.408 e. The zero-order valence-corrected chi connectivity index (χ0v) is 21.5. The van der Waals surface area contributed by atoms with Crippen LogP contribution in [0.4, 0.5) is 4.79 Å². The maximum absolute atomic E-state index is 13.7. The summed E-state index contributed by atoms with van der Waals surface area (Å²) in [5, 5.41) is 5.15. The maximum atomic E-state index is 13.7. The van der Waals surface area contributed by atoms with Gasteiger partial charge >= 0.3 is 12.1 Å². The van der Waals surface area contributed by atoms with Crippen molar-refractivity contribution in [2.75, 3.05) is 19.4 Å². The number of hydrogen-bond donors (Lipinski definition) is 3. The lowest BCUT2D eigenvalue weighted by atomic mass is 9.98. The van der Waals surface area contributed by atoms with E-state index >= 15 is 0 Å². The number of ether oxygens (including phenoxy) is 2. The molecule has 0 saturated heterocycles. The molecule has 2 unspecified atom stereocenters. The molecule has 1 aromatic rings. The topological polar surface area (TPSA) is 114 Å². The van der Waals surface area contributed by atoms with Crippen LogP contribution >= 0.6 is 12.6 Å². The molecule has 0 aliphatic heterocycles. The molecule has 9 nitrogen and oxygen atoms in total. The summed E-state index contributed by atoms with van der Waals surface area (Å²) in [4.78, 5) is 52.4. The van der Waals surface area contributed by atoms with Gasteiger partial charge in [-0.3, -0.25) is 14.4 Å². The molecule has 2 rings (SSSR count). The largest absolute Gasteiger partial charge is 0.468 e. The number of rotatable bonds is 9. The number of carbonyl (C=O) groups is 4. The fourth-order valence-electron chi connectivity index (χ4n) is 3.39. The Morgan fingerprint density at radius 2 is 1.79 bits per heavy atom. The quantitative estimate of drug-likeness (QED) is 0.360. The summed E-state index contributed by atoms with van der Waals surface area (Å²) in [6.45, 7) is 8.73. The van der Waals surface area contributed by atoms with Crippen LogP contribution in [0.1, 0.15) is 56.3 Å². The highest BCUT2D eigenvalue weighted by Crippen LogP contribution is 2.36. The SMILES string of the molecule is COC(=O)CNC(=O)C(c1ccc(C)c(C)c1)N(C(=O)C(CS)NC(=O)OC(C)(C)C)C1CC1. The van der Waals surface area contributed by atoms with Crippen LogP contribution in [0.3, 0.4) is 0 Å². The van der Waals surface area contributed by atoms with Crippen molar-refractivity contribution in [1.29, 1.82) is 0 Å². The van der Waals surface area contributed by atoms with Crippen molar-refractivity contribution in [1.82, 2.24) is 15.5 Å². The minimum atomic E-state index is -0.999. The summed E-state index contributed by atoms with van der Waals surface area (Å²) >= 11 is 4.26. The Kier molecular flexibility index (Phi) is 9.37. The van der Waals surface area contributed by atoms with E-state index in [-0.39, 0.29) is 18.3 Å². The molecule has 1 aromatic carbocycles. The Balaban J connectivity index is 2.39. The Morgan fingerprint density at radius 3 is 2.29 bits per heavy atom. The molecule has 0 bridgehead atoms. The van der Waals surface area contributed by atoms with E-state index in [1.807, 2.05) is 26.0 Å². The van der Waals surface area contributed by atoms with Crippen LogP contribution in [0.25, 0.3) is 0 Å². The van der Waals surface area contributed by atoms with E-state index in [0.717, 1.165) is 24.0 Å². The second-order valence-electron chi connectivity index (χ2n) is 9.40. The van der Waals surface area contributed by atoms with Crippen molar-refractivity contribution in [2.24, 2.45) is 0 Å². The normalized spacial score (nSPS) is 15.0. The van der Waals surface area contributed by atoms with Crippen molar-refractivity contribution in [3.8, 4) is 0 Å². The van der Waals surface area contributed by atoms with E-state index < -0.39 is 41.6 Å². The molecule has 1 aliphatic rings. The lowest BCUT2D eigenvalue weighted by molar-refractivity contribution is -0.145. The third-order valence-electron chi connectivity index (χ3n) is 5.37. The van der Waals surface area contributed by atoms with Crippen LogP contribution in [-0.4, -0.2) is 65.9 Å². The van der Waals surface area contributed by atoms with Crippen LogP contribution in [0.15, 0.2) is 18.2 Å². The molecule has 188 valence electrons. The highest BCUT2D eigenvalue weighted by atomic mass is 32.1. The summed E-state index contributed by atoms with van der Waals surface area (Å²) in [5.74, 6) is -1.54. The van der Waals surface area contributed by atoms with Crippen LogP contribution in [0, 0.1) is 13.8 Å². The van der Waals surface area contributed by atoms with Crippen LogP contribution in [-0.2, 0) is 23.9 Å². The summed E-state index contributed by atoms with van der Waals surface area (Å²) in [6.07, 6.45) is 0.708. The minimum absolute atomic E-state index is 0.0186. The molecule has 2 N–H and O–H groups in total. The molecule has 2 atom stereocenters. The smallest absolute Gasteiger partial charge is 0.408 e. The summed E-state index contributed by atoms with van der Waals surface area (Å²) in [6, 6.07) is 3.37. The third-order valence-corrected chi connectivity index (χ3v) is 5.74. The molecule has 3 amide bonds. The van der Waals surface area contributed by atoms with Crippen LogP contribution in [0.5, 0.6) is 0 Å². The second kappa shape index (κ2) is 11.6. The molecule has 1 aliphatic carbocycles. The van der Waals surface area contributed by atoms with Crippen molar-refractivity contribution in [3.05, 3.63) is 34.9 Å². The highest BCUT2D eigenvalue weighted by Gasteiger charge is 2.44. The second-order valence-corrected chi connectivity index (χ2v) is 9.76. The third kappa shape index (κ3) is 7.65. The zero-order chi connectivity index (χ0) is 25.6. The Morgan fingerprint density at radius 1 is 1.15 bits per heavy atom. The highest BCUT2D eigenvalue weighted by molar-refractivity contribution is 7.80. The predicted octanol–water partition coefficient (Wildman–Crippen LogP) is 2.45. The first-order valence-corrected chi connectivity index (χ1v) is 11.9. The first-order valence-electron chi connectivity index (χ1n) is 11.2. The van der Waals surface area contributed by atoms with E-state index in [0.29, 0.717) is 5.56 Å². The average Bonchev–Trinajstić information content (AvgIpc) is 3.59. The van der Waals surface area contributed by atoms with Crippen molar-refractivity contribution in [3.63, 3.8) is 0 Å². The van der Waals surface area contributed by atoms with Gasteiger partial charge in [0.2, 0.25) is 11.8 Å². The van der Waals surface area contributed by atoms with Crippen LogP contribution in [0.2, 0.25) is 0 Å². The monoisotopic (exact) mass is 493 g/mol. The van der Waals surface area contributed by atoms with Gasteiger partial charge in [0.1, 0.15) is 24.2 Å². The zero-order valence-electron chi connectivity index (χ0n) is 20.6. The van der Waals surface area contributed by atoms with Gasteiger partial charge in [0.25, 0.3) is 0 Å². The number of methoxy groups -OCH3 is 1. The van der Waals surface area contributed by atoms with Crippen molar-refractivity contribution < 1.29 is 28.7 Å². The number of nitrogens with zero attached hydrogens (tertiary/aromatic N) is 1. The van der Waals surface area contributed by atoms with E-state index in [4.69, 9.17) is 4.74 Å². The van der Waals surface area contributed by atoms with Gasteiger partial charge in [-0.2, -0.15) is 12.6 Å². The van der Waals surface area contributed by atoms with Gasteiger partial charge in [-0.05, 0) is 64.2 Å². The van der Waals surface area contributed by atoms with E-state index in [9.17, 15) is 19.2 Å². The van der Waals surface area contributed by atoms with E-state index in [2.05, 4.69) is 28.0 Å². The Labute approximate surface area is 206 Å².